The number of carbonyl (C=O) groups excluding carboxylic acids is 1. The Morgan fingerprint density at radius 1 is 1.03 bits per heavy atom. The van der Waals surface area contributed by atoms with Crippen molar-refractivity contribution in [2.45, 2.75) is 25.8 Å². The average Bonchev–Trinajstić information content (AvgIpc) is 3.33. The van der Waals surface area contributed by atoms with Crippen LogP contribution in [0.2, 0.25) is 0 Å². The number of hydrogen-bond acceptors (Lipinski definition) is 4. The van der Waals surface area contributed by atoms with Crippen LogP contribution in [0.5, 0.6) is 11.5 Å². The number of aryl methyl sites for hydroxylation is 1. The van der Waals surface area contributed by atoms with E-state index in [2.05, 4.69) is 17.4 Å². The molecule has 0 radical (unpaired) electrons. The molecule has 1 N–H and O–H groups in total. The van der Waals surface area contributed by atoms with E-state index >= 15 is 0 Å². The van der Waals surface area contributed by atoms with Crippen LogP contribution >= 0.6 is 0 Å². The molecule has 0 spiro atoms. The van der Waals surface area contributed by atoms with Gasteiger partial charge in [0.2, 0.25) is 6.79 Å². The lowest BCUT2D eigenvalue weighted by molar-refractivity contribution is 0.0936. The number of carbonyl (C=O) groups is 1. The summed E-state index contributed by atoms with van der Waals surface area (Å²) in [6, 6.07) is 15.3. The van der Waals surface area contributed by atoms with Gasteiger partial charge in [-0.05, 0) is 54.7 Å². The van der Waals surface area contributed by atoms with Crippen molar-refractivity contribution < 1.29 is 14.3 Å². The van der Waals surface area contributed by atoms with Crippen LogP contribution in [0.3, 0.4) is 0 Å². The minimum Gasteiger partial charge on any atom is -0.454 e. The molecule has 1 aromatic heterocycles. The van der Waals surface area contributed by atoms with Gasteiger partial charge < -0.3 is 14.8 Å². The summed E-state index contributed by atoms with van der Waals surface area (Å²) < 4.78 is 12.2. The fraction of sp³-hybridized carbons (Fsp3) is 0.217. The number of hydrogen-bond donors (Lipinski definition) is 1. The summed E-state index contributed by atoms with van der Waals surface area (Å²) in [6.07, 6.45) is 3.24. The van der Waals surface area contributed by atoms with Crippen LogP contribution in [0.25, 0.3) is 5.69 Å². The van der Waals surface area contributed by atoms with Crippen LogP contribution in [0.1, 0.15) is 27.0 Å². The second-order valence-electron chi connectivity index (χ2n) is 7.43. The third kappa shape index (κ3) is 3.06. The highest BCUT2D eigenvalue weighted by atomic mass is 16.7. The van der Waals surface area contributed by atoms with Crippen LogP contribution in [-0.4, -0.2) is 23.3 Å². The predicted molar refractivity (Wildman–Crippen MR) is 108 cm³/mol. The molecule has 0 atom stereocenters. The van der Waals surface area contributed by atoms with E-state index in [4.69, 9.17) is 9.47 Å². The van der Waals surface area contributed by atoms with E-state index in [9.17, 15) is 9.59 Å². The van der Waals surface area contributed by atoms with E-state index in [1.54, 1.807) is 37.4 Å². The Bertz CT molecular complexity index is 1160. The minimum absolute atomic E-state index is 0.00194. The molecule has 2 aromatic carbocycles. The molecule has 2 aliphatic rings. The fourth-order valence-electron chi connectivity index (χ4n) is 4.06. The number of benzene rings is 2. The van der Waals surface area contributed by atoms with Gasteiger partial charge in [0.05, 0.1) is 5.69 Å². The van der Waals surface area contributed by atoms with Gasteiger partial charge in [0, 0.05) is 18.3 Å². The Morgan fingerprint density at radius 2 is 1.76 bits per heavy atom. The maximum absolute atomic E-state index is 13.2. The minimum atomic E-state index is -0.350. The van der Waals surface area contributed by atoms with Gasteiger partial charge in [-0.15, -0.1) is 0 Å². The lowest BCUT2D eigenvalue weighted by Crippen LogP contribution is -2.39. The molecule has 5 rings (SSSR count). The molecular weight excluding hydrogens is 368 g/mol. The maximum Gasteiger partial charge on any atom is 0.268 e. The van der Waals surface area contributed by atoms with E-state index in [-0.39, 0.29) is 29.9 Å². The molecule has 0 saturated heterocycles. The van der Waals surface area contributed by atoms with Crippen LogP contribution in [0.15, 0.2) is 59.5 Å². The zero-order chi connectivity index (χ0) is 20.0. The highest BCUT2D eigenvalue weighted by molar-refractivity contribution is 5.95. The predicted octanol–water partition coefficient (Wildman–Crippen LogP) is 2.77. The number of ether oxygens (including phenoxy) is 2. The molecule has 0 saturated carbocycles. The lowest BCUT2D eigenvalue weighted by Gasteiger charge is -2.15. The number of amides is 1. The fourth-order valence-corrected chi connectivity index (χ4v) is 4.06. The van der Waals surface area contributed by atoms with E-state index in [0.717, 1.165) is 12.8 Å². The Balaban J connectivity index is 1.44. The summed E-state index contributed by atoms with van der Waals surface area (Å²) in [4.78, 5) is 26.1. The molecule has 146 valence electrons. The van der Waals surface area contributed by atoms with Gasteiger partial charge >= 0.3 is 0 Å². The van der Waals surface area contributed by atoms with Crippen LogP contribution in [0.4, 0.5) is 0 Å². The zero-order valence-corrected chi connectivity index (χ0v) is 16.0. The smallest absolute Gasteiger partial charge is 0.268 e. The normalized spacial score (nSPS) is 14.7. The van der Waals surface area contributed by atoms with Crippen molar-refractivity contribution in [1.82, 2.24) is 9.88 Å². The van der Waals surface area contributed by atoms with Crippen molar-refractivity contribution in [1.29, 1.82) is 0 Å². The Labute approximate surface area is 167 Å². The number of pyridine rings is 1. The van der Waals surface area contributed by atoms with Gasteiger partial charge in [0.1, 0.15) is 5.56 Å². The molecule has 1 amide bonds. The first-order valence-electron chi connectivity index (χ1n) is 9.60. The molecule has 6 heteroatoms. The first kappa shape index (κ1) is 17.6. The summed E-state index contributed by atoms with van der Waals surface area (Å²) in [5, 5.41) is 3.05. The Kier molecular flexibility index (Phi) is 4.12. The molecule has 0 fully saturated rings. The molecule has 1 aliphatic carbocycles. The summed E-state index contributed by atoms with van der Waals surface area (Å²) in [6.45, 7) is 1.95. The first-order chi connectivity index (χ1) is 14.1. The van der Waals surface area contributed by atoms with Crippen molar-refractivity contribution in [2.75, 3.05) is 6.79 Å². The number of nitrogens with zero attached hydrogens (tertiary/aromatic N) is 1. The third-order valence-corrected chi connectivity index (χ3v) is 5.55. The van der Waals surface area contributed by atoms with Crippen molar-refractivity contribution in [3.8, 4) is 17.2 Å². The number of nitrogens with one attached hydrogen (secondary N) is 1. The highest BCUT2D eigenvalue weighted by Crippen LogP contribution is 2.33. The molecular formula is C23H20N2O4. The van der Waals surface area contributed by atoms with Crippen molar-refractivity contribution in [3.05, 3.63) is 87.3 Å². The maximum atomic E-state index is 13.2. The highest BCUT2D eigenvalue weighted by Gasteiger charge is 2.25. The van der Waals surface area contributed by atoms with Gasteiger partial charge in [0.25, 0.3) is 11.5 Å². The summed E-state index contributed by atoms with van der Waals surface area (Å²) in [5.74, 6) is 0.901. The van der Waals surface area contributed by atoms with Crippen molar-refractivity contribution in [2.24, 2.45) is 0 Å². The van der Waals surface area contributed by atoms with Gasteiger partial charge in [-0.1, -0.05) is 24.3 Å². The number of aromatic nitrogens is 1. The zero-order valence-electron chi connectivity index (χ0n) is 16.0. The van der Waals surface area contributed by atoms with E-state index in [0.29, 0.717) is 22.7 Å². The number of fused-ring (bicyclic) bond motifs is 2. The van der Waals surface area contributed by atoms with Gasteiger partial charge in [-0.3, -0.25) is 14.2 Å². The molecule has 1 aliphatic heterocycles. The molecule has 29 heavy (non-hydrogen) atoms. The van der Waals surface area contributed by atoms with Gasteiger partial charge in [0.15, 0.2) is 11.5 Å². The first-order valence-corrected chi connectivity index (χ1v) is 9.60. The molecule has 0 unspecified atom stereocenters. The molecule has 2 heterocycles. The SMILES string of the molecule is Cc1ccn(-c2ccc3c(c2)OCO3)c(=O)c1C(=O)NC1Cc2ccccc2C1. The Hall–Kier alpha value is -3.54. The average molecular weight is 388 g/mol. The summed E-state index contributed by atoms with van der Waals surface area (Å²) >= 11 is 0. The molecule has 0 bridgehead atoms. The van der Waals surface area contributed by atoms with E-state index < -0.39 is 0 Å². The standard InChI is InChI=1S/C23H20N2O4/c1-14-8-9-25(18-6-7-19-20(12-18)29-13-28-19)23(27)21(14)22(26)24-17-10-15-4-2-3-5-16(15)11-17/h2-9,12,17H,10-11,13H2,1H3,(H,24,26). The second-order valence-corrected chi connectivity index (χ2v) is 7.43. The summed E-state index contributed by atoms with van der Waals surface area (Å²) in [7, 11) is 0. The molecule has 6 nitrogen and oxygen atoms in total. The monoisotopic (exact) mass is 388 g/mol. The largest absolute Gasteiger partial charge is 0.454 e. The third-order valence-electron chi connectivity index (χ3n) is 5.55. The van der Waals surface area contributed by atoms with Crippen LogP contribution < -0.4 is 20.3 Å². The quantitative estimate of drug-likeness (QED) is 0.749. The topological polar surface area (TPSA) is 69.6 Å². The van der Waals surface area contributed by atoms with Crippen molar-refractivity contribution in [3.63, 3.8) is 0 Å². The van der Waals surface area contributed by atoms with Crippen LogP contribution in [-0.2, 0) is 12.8 Å². The van der Waals surface area contributed by atoms with Crippen LogP contribution in [0, 0.1) is 6.92 Å². The second kappa shape index (κ2) is 6.81. The number of rotatable bonds is 3. The Morgan fingerprint density at radius 3 is 2.52 bits per heavy atom. The molecule has 3 aromatic rings. The van der Waals surface area contributed by atoms with Gasteiger partial charge in [-0.2, -0.15) is 0 Å². The lowest BCUT2D eigenvalue weighted by atomic mass is 10.1. The summed E-state index contributed by atoms with van der Waals surface area (Å²) in [5.41, 5.74) is 3.60. The van der Waals surface area contributed by atoms with E-state index in [1.807, 2.05) is 12.1 Å². The van der Waals surface area contributed by atoms with Gasteiger partial charge in [-0.25, -0.2) is 0 Å². The van der Waals surface area contributed by atoms with Crippen molar-refractivity contribution >= 4 is 5.91 Å². The van der Waals surface area contributed by atoms with E-state index in [1.165, 1.54) is 15.7 Å².